The summed E-state index contributed by atoms with van der Waals surface area (Å²) >= 11 is 1.35. The minimum atomic E-state index is -0.594. The molecule has 0 unspecified atom stereocenters. The van der Waals surface area contributed by atoms with Crippen LogP contribution in [0.25, 0.3) is 0 Å². The van der Waals surface area contributed by atoms with Crippen molar-refractivity contribution < 1.29 is 18.8 Å². The predicted octanol–water partition coefficient (Wildman–Crippen LogP) is 2.99. The average molecular weight is 369 g/mol. The molecule has 0 aliphatic rings. The van der Waals surface area contributed by atoms with Crippen LogP contribution in [0.3, 0.4) is 0 Å². The van der Waals surface area contributed by atoms with Crippen molar-refractivity contribution in [2.75, 3.05) is 0 Å². The van der Waals surface area contributed by atoms with E-state index in [1.165, 1.54) is 17.8 Å². The lowest BCUT2D eigenvalue weighted by molar-refractivity contribution is 0.0729. The van der Waals surface area contributed by atoms with Gasteiger partial charge in [0.25, 0.3) is 0 Å². The quantitative estimate of drug-likeness (QED) is 0.404. The third-order valence-electron chi connectivity index (χ3n) is 3.35. The van der Waals surface area contributed by atoms with Gasteiger partial charge >= 0.3 is 5.97 Å². The molecule has 3 aromatic rings. The maximum Gasteiger partial charge on any atom is 0.346 e. The second-order valence-electron chi connectivity index (χ2n) is 5.36. The molecule has 0 bridgehead atoms. The molecule has 0 aliphatic carbocycles. The van der Waals surface area contributed by atoms with Crippen molar-refractivity contribution in [3.8, 4) is 5.75 Å². The fourth-order valence-corrected chi connectivity index (χ4v) is 3.03. The molecule has 2 N–H and O–H groups in total. The SMILES string of the molecule is Cc1cc(CSc2ncccc2C(=O)Oc2cccc(C(N)=O)c2)no1. The summed E-state index contributed by atoms with van der Waals surface area (Å²) < 4.78 is 10.4. The Bertz CT molecular complexity index is 955. The van der Waals surface area contributed by atoms with Crippen molar-refractivity contribution in [2.24, 2.45) is 5.73 Å². The number of thioether (sulfide) groups is 1. The molecular formula is C18H15N3O4S. The second kappa shape index (κ2) is 7.83. The van der Waals surface area contributed by atoms with Crippen LogP contribution in [-0.2, 0) is 5.75 Å². The van der Waals surface area contributed by atoms with Crippen molar-refractivity contribution in [1.29, 1.82) is 0 Å². The first-order valence-electron chi connectivity index (χ1n) is 7.65. The Hall–Kier alpha value is -3.13. The van der Waals surface area contributed by atoms with E-state index < -0.39 is 11.9 Å². The monoisotopic (exact) mass is 369 g/mol. The van der Waals surface area contributed by atoms with Gasteiger partial charge in [-0.2, -0.15) is 0 Å². The number of esters is 1. The van der Waals surface area contributed by atoms with Crippen molar-refractivity contribution in [3.05, 3.63) is 71.2 Å². The first-order valence-corrected chi connectivity index (χ1v) is 8.63. The van der Waals surface area contributed by atoms with Gasteiger partial charge in [0.15, 0.2) is 0 Å². The molecule has 0 aliphatic heterocycles. The van der Waals surface area contributed by atoms with Gasteiger partial charge in [0.05, 0.1) is 11.3 Å². The maximum absolute atomic E-state index is 12.5. The summed E-state index contributed by atoms with van der Waals surface area (Å²) in [5, 5.41) is 4.43. The first-order chi connectivity index (χ1) is 12.5. The van der Waals surface area contributed by atoms with Gasteiger partial charge in [-0.15, -0.1) is 0 Å². The Kier molecular flexibility index (Phi) is 5.33. The fourth-order valence-electron chi connectivity index (χ4n) is 2.16. The van der Waals surface area contributed by atoms with Crippen molar-refractivity contribution >= 4 is 23.6 Å². The number of aryl methyl sites for hydroxylation is 1. The van der Waals surface area contributed by atoms with Gasteiger partial charge in [-0.3, -0.25) is 4.79 Å². The zero-order valence-electron chi connectivity index (χ0n) is 13.8. The van der Waals surface area contributed by atoms with Crippen LogP contribution in [-0.4, -0.2) is 22.0 Å². The number of hydrogen-bond donors (Lipinski definition) is 1. The highest BCUT2D eigenvalue weighted by molar-refractivity contribution is 7.98. The molecule has 132 valence electrons. The highest BCUT2D eigenvalue weighted by Crippen LogP contribution is 2.25. The number of carbonyl (C=O) groups is 2. The van der Waals surface area contributed by atoms with E-state index in [4.69, 9.17) is 15.0 Å². The molecule has 3 rings (SSSR count). The molecule has 0 atom stereocenters. The largest absolute Gasteiger partial charge is 0.423 e. The molecule has 1 amide bonds. The summed E-state index contributed by atoms with van der Waals surface area (Å²) in [6, 6.07) is 11.2. The summed E-state index contributed by atoms with van der Waals surface area (Å²) in [4.78, 5) is 28.0. The lowest BCUT2D eigenvalue weighted by Crippen LogP contribution is -2.13. The topological polar surface area (TPSA) is 108 Å². The average Bonchev–Trinajstić information content (AvgIpc) is 3.05. The van der Waals surface area contributed by atoms with E-state index in [-0.39, 0.29) is 11.3 Å². The van der Waals surface area contributed by atoms with E-state index in [0.29, 0.717) is 16.3 Å². The lowest BCUT2D eigenvalue weighted by Gasteiger charge is -2.08. The maximum atomic E-state index is 12.5. The minimum Gasteiger partial charge on any atom is -0.423 e. The Labute approximate surface area is 153 Å². The Balaban J connectivity index is 1.75. The summed E-state index contributed by atoms with van der Waals surface area (Å²) in [7, 11) is 0. The Morgan fingerprint density at radius 1 is 1.23 bits per heavy atom. The number of pyridine rings is 1. The van der Waals surface area contributed by atoms with Gasteiger partial charge in [0.2, 0.25) is 5.91 Å². The standard InChI is InChI=1S/C18H15N3O4S/c1-11-8-13(21-25-11)10-26-17-15(6-3-7-20-17)18(23)24-14-5-2-4-12(9-14)16(19)22/h2-9H,10H2,1H3,(H2,19,22). The molecule has 2 aromatic heterocycles. The predicted molar refractivity (Wildman–Crippen MR) is 95.0 cm³/mol. The van der Waals surface area contributed by atoms with Crippen molar-refractivity contribution in [2.45, 2.75) is 17.7 Å². The highest BCUT2D eigenvalue weighted by atomic mass is 32.2. The Morgan fingerprint density at radius 3 is 2.81 bits per heavy atom. The van der Waals surface area contributed by atoms with Crippen LogP contribution in [0.15, 0.2) is 58.2 Å². The summed E-state index contributed by atoms with van der Waals surface area (Å²) in [6.45, 7) is 1.81. The molecule has 0 radical (unpaired) electrons. The van der Waals surface area contributed by atoms with E-state index in [9.17, 15) is 9.59 Å². The van der Waals surface area contributed by atoms with Gasteiger partial charge < -0.3 is 15.0 Å². The van der Waals surface area contributed by atoms with Gasteiger partial charge in [-0.25, -0.2) is 9.78 Å². The number of ether oxygens (including phenoxy) is 1. The molecule has 0 spiro atoms. The van der Waals surface area contributed by atoms with E-state index in [0.717, 1.165) is 11.5 Å². The third kappa shape index (κ3) is 4.28. The highest BCUT2D eigenvalue weighted by Gasteiger charge is 2.16. The number of nitrogens with two attached hydrogens (primary N) is 1. The number of hydrogen-bond acceptors (Lipinski definition) is 7. The van der Waals surface area contributed by atoms with E-state index >= 15 is 0 Å². The first kappa shape index (κ1) is 17.7. The molecule has 8 heteroatoms. The molecule has 0 fully saturated rings. The summed E-state index contributed by atoms with van der Waals surface area (Å²) in [6.07, 6.45) is 1.60. The molecule has 2 heterocycles. The van der Waals surface area contributed by atoms with Crippen LogP contribution in [0.2, 0.25) is 0 Å². The molecule has 0 saturated carbocycles. The number of carbonyl (C=O) groups excluding carboxylic acids is 2. The van der Waals surface area contributed by atoms with Crippen LogP contribution >= 0.6 is 11.8 Å². The van der Waals surface area contributed by atoms with Crippen LogP contribution in [0.4, 0.5) is 0 Å². The van der Waals surface area contributed by atoms with E-state index in [1.807, 2.05) is 13.0 Å². The zero-order chi connectivity index (χ0) is 18.5. The minimum absolute atomic E-state index is 0.234. The fraction of sp³-hybridized carbons (Fsp3) is 0.111. The molecule has 0 saturated heterocycles. The van der Waals surface area contributed by atoms with E-state index in [2.05, 4.69) is 10.1 Å². The van der Waals surface area contributed by atoms with Crippen LogP contribution in [0.5, 0.6) is 5.75 Å². The molecule has 1 aromatic carbocycles. The summed E-state index contributed by atoms with van der Waals surface area (Å²) in [5.41, 5.74) is 6.58. The van der Waals surface area contributed by atoms with Crippen LogP contribution < -0.4 is 10.5 Å². The van der Waals surface area contributed by atoms with Crippen LogP contribution in [0.1, 0.15) is 32.2 Å². The summed E-state index contributed by atoms with van der Waals surface area (Å²) in [5.74, 6) is 0.294. The normalized spacial score (nSPS) is 10.5. The number of nitrogens with zero attached hydrogens (tertiary/aromatic N) is 2. The van der Waals surface area contributed by atoms with Gasteiger partial charge in [0, 0.05) is 23.6 Å². The smallest absolute Gasteiger partial charge is 0.346 e. The third-order valence-corrected chi connectivity index (χ3v) is 4.39. The number of primary amides is 1. The van der Waals surface area contributed by atoms with E-state index in [1.54, 1.807) is 36.5 Å². The Morgan fingerprint density at radius 2 is 2.08 bits per heavy atom. The number of rotatable bonds is 6. The molecule has 26 heavy (non-hydrogen) atoms. The van der Waals surface area contributed by atoms with Crippen LogP contribution in [0, 0.1) is 6.92 Å². The number of aromatic nitrogens is 2. The van der Waals surface area contributed by atoms with Gasteiger partial charge in [0.1, 0.15) is 16.5 Å². The second-order valence-corrected chi connectivity index (χ2v) is 6.32. The lowest BCUT2D eigenvalue weighted by atomic mass is 10.2. The van der Waals surface area contributed by atoms with Gasteiger partial charge in [-0.1, -0.05) is 23.0 Å². The zero-order valence-corrected chi connectivity index (χ0v) is 14.7. The molecule has 7 nitrogen and oxygen atoms in total. The number of amides is 1. The molecular weight excluding hydrogens is 354 g/mol. The van der Waals surface area contributed by atoms with Crippen molar-refractivity contribution in [1.82, 2.24) is 10.1 Å². The number of benzene rings is 1. The van der Waals surface area contributed by atoms with Gasteiger partial charge in [-0.05, 0) is 37.3 Å². The van der Waals surface area contributed by atoms with Crippen molar-refractivity contribution in [3.63, 3.8) is 0 Å².